The molecule has 3 rings (SSSR count). The van der Waals surface area contributed by atoms with Gasteiger partial charge in [0.1, 0.15) is 5.75 Å². The van der Waals surface area contributed by atoms with Gasteiger partial charge in [-0.15, -0.1) is 0 Å². The summed E-state index contributed by atoms with van der Waals surface area (Å²) in [6.07, 6.45) is 2.28. The minimum absolute atomic E-state index is 0.243. The van der Waals surface area contributed by atoms with Crippen molar-refractivity contribution in [3.05, 3.63) is 36.0 Å². The molecular weight excluding hydrogens is 252 g/mol. The van der Waals surface area contributed by atoms with E-state index in [-0.39, 0.29) is 5.75 Å². The van der Waals surface area contributed by atoms with Crippen LogP contribution >= 0.6 is 0 Å². The van der Waals surface area contributed by atoms with Crippen molar-refractivity contribution in [2.45, 2.75) is 18.8 Å². The molecule has 0 saturated carbocycles. The number of phenols is 1. The highest BCUT2D eigenvalue weighted by Gasteiger charge is 2.18. The molecule has 2 heterocycles. The third kappa shape index (κ3) is 2.72. The van der Waals surface area contributed by atoms with Crippen LogP contribution in [0.3, 0.4) is 0 Å². The van der Waals surface area contributed by atoms with E-state index in [1.165, 1.54) is 0 Å². The highest BCUT2D eigenvalue weighted by atomic mass is 16.3. The van der Waals surface area contributed by atoms with E-state index >= 15 is 0 Å². The lowest BCUT2D eigenvalue weighted by Gasteiger charge is -2.22. The van der Waals surface area contributed by atoms with E-state index in [2.05, 4.69) is 15.3 Å². The molecule has 0 spiro atoms. The number of nitrogens with zero attached hydrogens (tertiary/aromatic N) is 2. The van der Waals surface area contributed by atoms with E-state index in [1.54, 1.807) is 12.1 Å². The van der Waals surface area contributed by atoms with Crippen LogP contribution in [0.25, 0.3) is 11.3 Å². The van der Waals surface area contributed by atoms with Gasteiger partial charge in [-0.3, -0.25) is 0 Å². The first kappa shape index (κ1) is 12.9. The van der Waals surface area contributed by atoms with Gasteiger partial charge < -0.3 is 16.2 Å². The van der Waals surface area contributed by atoms with Gasteiger partial charge in [0, 0.05) is 18.0 Å². The zero-order chi connectivity index (χ0) is 13.9. The molecule has 5 nitrogen and oxygen atoms in total. The number of rotatable bonds is 2. The Balaban J connectivity index is 1.95. The fourth-order valence-electron chi connectivity index (χ4n) is 2.58. The highest BCUT2D eigenvalue weighted by molar-refractivity contribution is 5.61. The van der Waals surface area contributed by atoms with Crippen LogP contribution < -0.4 is 11.1 Å². The summed E-state index contributed by atoms with van der Waals surface area (Å²) in [5.74, 6) is 0.938. The van der Waals surface area contributed by atoms with Crippen molar-refractivity contribution < 1.29 is 5.11 Å². The monoisotopic (exact) mass is 270 g/mol. The number of aromatic hydroxyl groups is 1. The smallest absolute Gasteiger partial charge is 0.220 e. The van der Waals surface area contributed by atoms with Gasteiger partial charge in [-0.05, 0) is 49.7 Å². The molecule has 1 aliphatic heterocycles. The van der Waals surface area contributed by atoms with Crippen molar-refractivity contribution >= 4 is 5.95 Å². The zero-order valence-corrected chi connectivity index (χ0v) is 11.2. The van der Waals surface area contributed by atoms with Crippen LogP contribution in [0, 0.1) is 0 Å². The van der Waals surface area contributed by atoms with Crippen molar-refractivity contribution in [2.75, 3.05) is 18.8 Å². The van der Waals surface area contributed by atoms with E-state index in [0.717, 1.165) is 42.9 Å². The minimum Gasteiger partial charge on any atom is -0.508 e. The first-order chi connectivity index (χ1) is 9.72. The molecule has 1 aromatic carbocycles. The summed E-state index contributed by atoms with van der Waals surface area (Å²) in [6.45, 7) is 2.01. The minimum atomic E-state index is 0.243. The maximum atomic E-state index is 9.35. The van der Waals surface area contributed by atoms with E-state index < -0.39 is 0 Å². The van der Waals surface area contributed by atoms with Gasteiger partial charge in [-0.2, -0.15) is 0 Å². The lowest BCUT2D eigenvalue weighted by molar-refractivity contribution is 0.454. The summed E-state index contributed by atoms with van der Waals surface area (Å²) < 4.78 is 0. The highest BCUT2D eigenvalue weighted by Crippen LogP contribution is 2.27. The first-order valence-electron chi connectivity index (χ1n) is 6.87. The lowest BCUT2D eigenvalue weighted by atomic mass is 9.95. The maximum absolute atomic E-state index is 9.35. The zero-order valence-electron chi connectivity index (χ0n) is 11.2. The van der Waals surface area contributed by atoms with E-state index in [1.807, 2.05) is 18.2 Å². The van der Waals surface area contributed by atoms with Crippen molar-refractivity contribution in [3.63, 3.8) is 0 Å². The third-order valence-corrected chi connectivity index (χ3v) is 3.64. The molecule has 0 aliphatic carbocycles. The summed E-state index contributed by atoms with van der Waals surface area (Å²) in [4.78, 5) is 8.67. The molecule has 2 aromatic rings. The summed E-state index contributed by atoms with van der Waals surface area (Å²) in [6, 6.07) is 8.96. The fourth-order valence-corrected chi connectivity index (χ4v) is 2.58. The Kier molecular flexibility index (Phi) is 3.52. The van der Waals surface area contributed by atoms with Gasteiger partial charge in [-0.1, -0.05) is 0 Å². The first-order valence-corrected chi connectivity index (χ1v) is 6.87. The van der Waals surface area contributed by atoms with Gasteiger partial charge in [0.15, 0.2) is 0 Å². The SMILES string of the molecule is Nc1nc(-c2ccc(O)cc2)cc(C2CCCNC2)n1. The molecule has 20 heavy (non-hydrogen) atoms. The molecule has 1 atom stereocenters. The van der Waals surface area contributed by atoms with E-state index in [4.69, 9.17) is 5.73 Å². The summed E-state index contributed by atoms with van der Waals surface area (Å²) in [7, 11) is 0. The average Bonchev–Trinajstić information content (AvgIpc) is 2.48. The number of anilines is 1. The van der Waals surface area contributed by atoms with Crippen LogP contribution in [0.15, 0.2) is 30.3 Å². The molecule has 0 bridgehead atoms. The predicted molar refractivity (Wildman–Crippen MR) is 78.4 cm³/mol. The van der Waals surface area contributed by atoms with Gasteiger partial charge in [-0.25, -0.2) is 9.97 Å². The molecule has 1 unspecified atom stereocenters. The largest absolute Gasteiger partial charge is 0.508 e. The quantitative estimate of drug-likeness (QED) is 0.776. The number of nitrogen functional groups attached to an aromatic ring is 1. The Hall–Kier alpha value is -2.14. The van der Waals surface area contributed by atoms with Crippen molar-refractivity contribution in [3.8, 4) is 17.0 Å². The number of benzene rings is 1. The van der Waals surface area contributed by atoms with Crippen LogP contribution in [-0.4, -0.2) is 28.2 Å². The second-order valence-corrected chi connectivity index (χ2v) is 5.13. The van der Waals surface area contributed by atoms with Gasteiger partial charge >= 0.3 is 0 Å². The Morgan fingerprint density at radius 1 is 1.20 bits per heavy atom. The third-order valence-electron chi connectivity index (χ3n) is 3.64. The molecule has 0 amide bonds. The summed E-state index contributed by atoms with van der Waals surface area (Å²) in [5.41, 5.74) is 8.57. The standard InChI is InChI=1S/C15H18N4O/c16-15-18-13(10-3-5-12(20)6-4-10)8-14(19-15)11-2-1-7-17-9-11/h3-6,8,11,17,20H,1-2,7,9H2,(H2,16,18,19). The van der Waals surface area contributed by atoms with E-state index in [9.17, 15) is 5.11 Å². The number of phenolic OH excluding ortho intramolecular Hbond substituents is 1. The second-order valence-electron chi connectivity index (χ2n) is 5.13. The number of nitrogens with two attached hydrogens (primary N) is 1. The van der Waals surface area contributed by atoms with Crippen LogP contribution in [0.5, 0.6) is 5.75 Å². The lowest BCUT2D eigenvalue weighted by Crippen LogP contribution is -2.29. The van der Waals surface area contributed by atoms with Crippen molar-refractivity contribution in [2.24, 2.45) is 0 Å². The molecular formula is C15H18N4O. The van der Waals surface area contributed by atoms with Crippen molar-refractivity contribution in [1.29, 1.82) is 0 Å². The van der Waals surface area contributed by atoms with Gasteiger partial charge in [0.2, 0.25) is 5.95 Å². The number of nitrogens with one attached hydrogen (secondary N) is 1. The van der Waals surface area contributed by atoms with E-state index in [0.29, 0.717) is 11.9 Å². The Labute approximate surface area is 117 Å². The number of hydrogen-bond donors (Lipinski definition) is 3. The molecule has 1 aromatic heterocycles. The van der Waals surface area contributed by atoms with Crippen LogP contribution in [0.2, 0.25) is 0 Å². The Morgan fingerprint density at radius 3 is 2.70 bits per heavy atom. The molecule has 4 N–H and O–H groups in total. The Morgan fingerprint density at radius 2 is 2.00 bits per heavy atom. The molecule has 1 aliphatic rings. The van der Waals surface area contributed by atoms with Gasteiger partial charge in [0.25, 0.3) is 0 Å². The second kappa shape index (κ2) is 5.46. The number of aromatic nitrogens is 2. The average molecular weight is 270 g/mol. The van der Waals surface area contributed by atoms with Crippen molar-refractivity contribution in [1.82, 2.24) is 15.3 Å². The number of hydrogen-bond acceptors (Lipinski definition) is 5. The van der Waals surface area contributed by atoms with Crippen LogP contribution in [0.4, 0.5) is 5.95 Å². The van der Waals surface area contributed by atoms with Crippen LogP contribution in [-0.2, 0) is 0 Å². The fraction of sp³-hybridized carbons (Fsp3) is 0.333. The predicted octanol–water partition coefficient (Wildman–Crippen LogP) is 1.90. The normalized spacial score (nSPS) is 18.9. The topological polar surface area (TPSA) is 84.1 Å². The van der Waals surface area contributed by atoms with Crippen LogP contribution in [0.1, 0.15) is 24.5 Å². The molecule has 5 heteroatoms. The molecule has 1 fully saturated rings. The van der Waals surface area contributed by atoms with Gasteiger partial charge in [0.05, 0.1) is 11.4 Å². The maximum Gasteiger partial charge on any atom is 0.220 e. The molecule has 104 valence electrons. The molecule has 1 saturated heterocycles. The molecule has 0 radical (unpaired) electrons. The summed E-state index contributed by atoms with van der Waals surface area (Å²) >= 11 is 0. The summed E-state index contributed by atoms with van der Waals surface area (Å²) in [5, 5.41) is 12.7. The Bertz CT molecular complexity index is 591. The number of piperidine rings is 1.